The fourth-order valence-corrected chi connectivity index (χ4v) is 1.67. The van der Waals surface area contributed by atoms with Gasteiger partial charge in [0.1, 0.15) is 5.82 Å². The van der Waals surface area contributed by atoms with Gasteiger partial charge in [-0.05, 0) is 44.6 Å². The number of benzene rings is 1. The Morgan fingerprint density at radius 1 is 1.33 bits per heavy atom. The molecule has 0 amide bonds. The van der Waals surface area contributed by atoms with E-state index in [0.717, 1.165) is 18.5 Å². The van der Waals surface area contributed by atoms with Crippen LogP contribution in [0.3, 0.4) is 0 Å². The number of hydrogen-bond donors (Lipinski definition) is 1. The molecule has 18 heavy (non-hydrogen) atoms. The zero-order valence-corrected chi connectivity index (χ0v) is 10.5. The molecule has 0 spiro atoms. The van der Waals surface area contributed by atoms with E-state index in [-0.39, 0.29) is 11.7 Å². The van der Waals surface area contributed by atoms with Gasteiger partial charge >= 0.3 is 0 Å². The highest BCUT2D eigenvalue weighted by Crippen LogP contribution is 2.22. The molecule has 1 aromatic heterocycles. The lowest BCUT2D eigenvalue weighted by molar-refractivity contribution is 0.491. The van der Waals surface area contributed by atoms with Crippen molar-refractivity contribution in [1.82, 2.24) is 15.5 Å². The van der Waals surface area contributed by atoms with Crippen molar-refractivity contribution in [3.63, 3.8) is 0 Å². The normalized spacial score (nSPS) is 10.8. The number of nitrogens with zero attached hydrogens (tertiary/aromatic N) is 2. The van der Waals surface area contributed by atoms with Crippen LogP contribution in [0.15, 0.2) is 22.6 Å². The van der Waals surface area contributed by atoms with Crippen LogP contribution in [-0.4, -0.2) is 23.8 Å². The summed E-state index contributed by atoms with van der Waals surface area (Å²) in [6.45, 7) is 2.72. The lowest BCUT2D eigenvalue weighted by Crippen LogP contribution is -2.08. The lowest BCUT2D eigenvalue weighted by Gasteiger charge is -1.98. The van der Waals surface area contributed by atoms with Crippen LogP contribution in [0.4, 0.5) is 4.39 Å². The summed E-state index contributed by atoms with van der Waals surface area (Å²) in [5, 5.41) is 10.8. The van der Waals surface area contributed by atoms with Gasteiger partial charge in [0.2, 0.25) is 5.89 Å². The Morgan fingerprint density at radius 3 is 2.89 bits per heavy atom. The standard InChI is InChI=1S/C13H16FN3O/c1-9-5-6-10(11(14)8-9)13-17-16-12(18-13)4-3-7-15-2/h5-6,8,15H,3-4,7H2,1-2H3. The maximum absolute atomic E-state index is 13.7. The zero-order chi connectivity index (χ0) is 13.0. The molecule has 0 unspecified atom stereocenters. The third kappa shape index (κ3) is 2.92. The fraction of sp³-hybridized carbons (Fsp3) is 0.385. The molecule has 0 fully saturated rings. The van der Waals surface area contributed by atoms with Crippen LogP contribution in [0.2, 0.25) is 0 Å². The number of hydrogen-bond acceptors (Lipinski definition) is 4. The van der Waals surface area contributed by atoms with Crippen LogP contribution in [0.5, 0.6) is 0 Å². The zero-order valence-electron chi connectivity index (χ0n) is 10.5. The van der Waals surface area contributed by atoms with E-state index in [2.05, 4.69) is 15.5 Å². The van der Waals surface area contributed by atoms with Gasteiger partial charge in [-0.2, -0.15) is 0 Å². The number of halogens is 1. The molecule has 4 nitrogen and oxygen atoms in total. The first kappa shape index (κ1) is 12.7. The Hall–Kier alpha value is -1.75. The topological polar surface area (TPSA) is 51.0 Å². The molecule has 0 radical (unpaired) electrons. The highest BCUT2D eigenvalue weighted by atomic mass is 19.1. The lowest BCUT2D eigenvalue weighted by atomic mass is 10.1. The summed E-state index contributed by atoms with van der Waals surface area (Å²) in [4.78, 5) is 0. The fourth-order valence-electron chi connectivity index (χ4n) is 1.67. The molecule has 0 saturated heterocycles. The number of nitrogens with one attached hydrogen (secondary N) is 1. The number of aryl methyl sites for hydroxylation is 2. The van der Waals surface area contributed by atoms with E-state index in [0.29, 0.717) is 17.9 Å². The summed E-state index contributed by atoms with van der Waals surface area (Å²) in [5.74, 6) is 0.451. The summed E-state index contributed by atoms with van der Waals surface area (Å²) in [7, 11) is 1.89. The summed E-state index contributed by atoms with van der Waals surface area (Å²) in [5.41, 5.74) is 1.22. The van der Waals surface area contributed by atoms with Gasteiger partial charge in [-0.15, -0.1) is 10.2 Å². The summed E-state index contributed by atoms with van der Waals surface area (Å²) < 4.78 is 19.2. The van der Waals surface area contributed by atoms with E-state index in [1.807, 2.05) is 20.0 Å². The van der Waals surface area contributed by atoms with Gasteiger partial charge in [0.05, 0.1) is 5.56 Å². The van der Waals surface area contributed by atoms with Crippen LogP contribution in [0.1, 0.15) is 17.9 Å². The second-order valence-corrected chi connectivity index (χ2v) is 4.19. The van der Waals surface area contributed by atoms with Crippen molar-refractivity contribution >= 4 is 0 Å². The van der Waals surface area contributed by atoms with Gasteiger partial charge < -0.3 is 9.73 Å². The van der Waals surface area contributed by atoms with Gasteiger partial charge in [0.25, 0.3) is 5.89 Å². The maximum Gasteiger partial charge on any atom is 0.250 e. The first-order chi connectivity index (χ1) is 8.70. The van der Waals surface area contributed by atoms with Crippen molar-refractivity contribution in [2.45, 2.75) is 19.8 Å². The third-order valence-corrected chi connectivity index (χ3v) is 2.64. The maximum atomic E-state index is 13.7. The molecular formula is C13H16FN3O. The average molecular weight is 249 g/mol. The molecule has 0 aliphatic rings. The number of aromatic nitrogens is 2. The van der Waals surface area contributed by atoms with Crippen molar-refractivity contribution in [2.24, 2.45) is 0 Å². The molecule has 0 aliphatic heterocycles. The van der Waals surface area contributed by atoms with Crippen molar-refractivity contribution in [1.29, 1.82) is 0 Å². The van der Waals surface area contributed by atoms with E-state index in [9.17, 15) is 4.39 Å². The minimum atomic E-state index is -0.333. The molecule has 1 N–H and O–H groups in total. The van der Waals surface area contributed by atoms with Gasteiger partial charge in [0, 0.05) is 6.42 Å². The van der Waals surface area contributed by atoms with E-state index in [1.165, 1.54) is 6.07 Å². The first-order valence-electron chi connectivity index (χ1n) is 5.94. The predicted octanol–water partition coefficient (Wildman–Crippen LogP) is 2.34. The van der Waals surface area contributed by atoms with Crippen LogP contribution in [0.25, 0.3) is 11.5 Å². The smallest absolute Gasteiger partial charge is 0.250 e. The largest absolute Gasteiger partial charge is 0.421 e. The van der Waals surface area contributed by atoms with Crippen LogP contribution in [0, 0.1) is 12.7 Å². The van der Waals surface area contributed by atoms with Gasteiger partial charge in [0.15, 0.2) is 0 Å². The minimum absolute atomic E-state index is 0.243. The Morgan fingerprint density at radius 2 is 2.17 bits per heavy atom. The molecule has 96 valence electrons. The molecule has 5 heteroatoms. The van der Waals surface area contributed by atoms with Gasteiger partial charge in [-0.1, -0.05) is 6.07 Å². The summed E-state index contributed by atoms with van der Waals surface area (Å²) in [6.07, 6.45) is 1.61. The van der Waals surface area contributed by atoms with E-state index < -0.39 is 0 Å². The highest BCUT2D eigenvalue weighted by molar-refractivity contribution is 5.54. The Bertz CT molecular complexity index is 525. The second kappa shape index (κ2) is 5.73. The second-order valence-electron chi connectivity index (χ2n) is 4.19. The summed E-state index contributed by atoms with van der Waals surface area (Å²) >= 11 is 0. The van der Waals surface area contributed by atoms with Crippen LogP contribution >= 0.6 is 0 Å². The van der Waals surface area contributed by atoms with E-state index >= 15 is 0 Å². The predicted molar refractivity (Wildman–Crippen MR) is 66.7 cm³/mol. The average Bonchev–Trinajstić information content (AvgIpc) is 2.78. The van der Waals surface area contributed by atoms with Crippen molar-refractivity contribution in [2.75, 3.05) is 13.6 Å². The molecule has 1 heterocycles. The van der Waals surface area contributed by atoms with Crippen LogP contribution < -0.4 is 5.32 Å². The van der Waals surface area contributed by atoms with Crippen molar-refractivity contribution < 1.29 is 8.81 Å². The molecule has 1 aromatic carbocycles. The minimum Gasteiger partial charge on any atom is -0.421 e. The third-order valence-electron chi connectivity index (χ3n) is 2.64. The Balaban J connectivity index is 2.13. The van der Waals surface area contributed by atoms with E-state index in [4.69, 9.17) is 4.42 Å². The molecule has 0 saturated carbocycles. The van der Waals surface area contributed by atoms with Gasteiger partial charge in [-0.25, -0.2) is 4.39 Å². The SMILES string of the molecule is CNCCCc1nnc(-c2ccc(C)cc2F)o1. The molecular weight excluding hydrogens is 233 g/mol. The number of rotatable bonds is 5. The van der Waals surface area contributed by atoms with Crippen LogP contribution in [-0.2, 0) is 6.42 Å². The molecule has 2 aromatic rings. The van der Waals surface area contributed by atoms with Gasteiger partial charge in [-0.3, -0.25) is 0 Å². The quantitative estimate of drug-likeness (QED) is 0.826. The van der Waals surface area contributed by atoms with E-state index in [1.54, 1.807) is 6.07 Å². The molecule has 0 bridgehead atoms. The molecule has 2 rings (SSSR count). The monoisotopic (exact) mass is 249 g/mol. The van der Waals surface area contributed by atoms with Crippen molar-refractivity contribution in [3.8, 4) is 11.5 Å². The first-order valence-corrected chi connectivity index (χ1v) is 5.94. The van der Waals surface area contributed by atoms with Crippen molar-refractivity contribution in [3.05, 3.63) is 35.5 Å². The Labute approximate surface area is 105 Å². The Kier molecular flexibility index (Phi) is 4.04. The molecule has 0 atom stereocenters. The summed E-state index contributed by atoms with van der Waals surface area (Å²) in [6, 6.07) is 4.94. The highest BCUT2D eigenvalue weighted by Gasteiger charge is 2.12. The molecule has 0 aliphatic carbocycles.